The second-order valence-electron chi connectivity index (χ2n) is 10.4. The third-order valence-corrected chi connectivity index (χ3v) is 8.14. The largest absolute Gasteiger partial charge is 0.457 e. The average molecular weight is 411 g/mol. The first-order valence-corrected chi connectivity index (χ1v) is 10.4. The van der Waals surface area contributed by atoms with Crippen LogP contribution in [0.3, 0.4) is 0 Å². The minimum absolute atomic E-state index is 0.0610. The molecule has 1 aliphatic heterocycles. The van der Waals surface area contributed by atoms with Crippen molar-refractivity contribution < 1.29 is 34.1 Å². The van der Waals surface area contributed by atoms with Gasteiger partial charge in [-0.15, -0.1) is 0 Å². The van der Waals surface area contributed by atoms with Gasteiger partial charge in [-0.3, -0.25) is 14.4 Å². The minimum atomic E-state index is -2.23. The molecular weight excluding hydrogens is 376 g/mol. The van der Waals surface area contributed by atoms with Gasteiger partial charge in [-0.1, -0.05) is 20.8 Å². The van der Waals surface area contributed by atoms with E-state index in [1.807, 2.05) is 20.8 Å². The van der Waals surface area contributed by atoms with Crippen LogP contribution in [0.2, 0.25) is 0 Å². The summed E-state index contributed by atoms with van der Waals surface area (Å²) in [5, 5.41) is 23.6. The monoisotopic (exact) mass is 410 g/mol. The van der Waals surface area contributed by atoms with Crippen molar-refractivity contribution in [3.05, 3.63) is 0 Å². The van der Waals surface area contributed by atoms with Gasteiger partial charge < -0.3 is 19.7 Å². The van der Waals surface area contributed by atoms with Crippen LogP contribution in [0, 0.1) is 16.7 Å². The first kappa shape index (κ1) is 22.4. The lowest BCUT2D eigenvalue weighted by molar-refractivity contribution is -0.353. The summed E-state index contributed by atoms with van der Waals surface area (Å²) < 4.78 is 11.9. The number of Topliss-reactive ketones (excluding diaryl/α,β-unsaturated/α-hetero) is 2. The summed E-state index contributed by atoms with van der Waals surface area (Å²) in [7, 11) is 0. The summed E-state index contributed by atoms with van der Waals surface area (Å²) in [6.45, 7) is 11.7. The molecule has 7 nitrogen and oxygen atoms in total. The molecule has 2 aliphatic carbocycles. The second-order valence-corrected chi connectivity index (χ2v) is 10.4. The van der Waals surface area contributed by atoms with Crippen LogP contribution in [0.15, 0.2) is 0 Å². The number of hydrogen-bond acceptors (Lipinski definition) is 7. The maximum Gasteiger partial charge on any atom is 0.303 e. The predicted molar refractivity (Wildman–Crippen MR) is 104 cm³/mol. The molecule has 29 heavy (non-hydrogen) atoms. The molecule has 1 saturated heterocycles. The summed E-state index contributed by atoms with van der Waals surface area (Å²) in [5.74, 6) is -2.20. The molecule has 0 unspecified atom stereocenters. The van der Waals surface area contributed by atoms with E-state index in [0.717, 1.165) is 0 Å². The van der Waals surface area contributed by atoms with Gasteiger partial charge >= 0.3 is 5.97 Å². The molecule has 2 N–H and O–H groups in total. The molecule has 0 amide bonds. The molecule has 2 saturated carbocycles. The molecule has 0 aromatic carbocycles. The summed E-state index contributed by atoms with van der Waals surface area (Å²) >= 11 is 0. The van der Waals surface area contributed by atoms with Crippen molar-refractivity contribution in [2.75, 3.05) is 0 Å². The molecule has 0 aromatic heterocycles. The van der Waals surface area contributed by atoms with Crippen LogP contribution in [0.4, 0.5) is 0 Å². The molecule has 3 rings (SSSR count). The molecule has 3 aliphatic rings. The molecule has 3 fully saturated rings. The SMILES string of the molecule is CC[C@@]1(C)CC(=O)[C@]2(O)[C@@]3(C)C(=O)CCC(C)(C)[C@@H]3[C@H](O)[C@H](OC(C)=O)[C@@]2(C)O1. The Morgan fingerprint density at radius 2 is 1.76 bits per heavy atom. The highest BCUT2D eigenvalue weighted by molar-refractivity contribution is 6.00. The summed E-state index contributed by atoms with van der Waals surface area (Å²) in [5.41, 5.74) is -7.04. The Labute approximate surface area is 172 Å². The summed E-state index contributed by atoms with van der Waals surface area (Å²) in [6, 6.07) is 0. The second kappa shape index (κ2) is 6.34. The van der Waals surface area contributed by atoms with Gasteiger partial charge in [-0.2, -0.15) is 0 Å². The number of carbonyl (C=O) groups is 3. The van der Waals surface area contributed by atoms with Gasteiger partial charge in [0.05, 0.1) is 17.1 Å². The maximum absolute atomic E-state index is 13.6. The van der Waals surface area contributed by atoms with E-state index < -0.39 is 57.5 Å². The standard InChI is InChI=1S/C22H34O7/c1-8-19(5)11-14(25)22(27)20(6)13(24)9-10-18(3,4)16(20)15(26)17(28-12(2)23)21(22,7)29-19/h15-17,26-27H,8-11H2,1-7H3/t15-,16-,17-,19-,20-,21+,22-/m0/s1. The molecule has 1 heterocycles. The highest BCUT2D eigenvalue weighted by atomic mass is 16.6. The molecule has 7 heteroatoms. The van der Waals surface area contributed by atoms with Crippen molar-refractivity contribution >= 4 is 17.5 Å². The lowest BCUT2D eigenvalue weighted by Gasteiger charge is -2.69. The smallest absolute Gasteiger partial charge is 0.303 e. The van der Waals surface area contributed by atoms with E-state index in [0.29, 0.717) is 12.8 Å². The molecule has 164 valence electrons. The third kappa shape index (κ3) is 2.63. The van der Waals surface area contributed by atoms with Gasteiger partial charge in [0.25, 0.3) is 0 Å². The normalized spacial score (nSPS) is 49.2. The number of ketones is 2. The number of ether oxygens (including phenoxy) is 2. The van der Waals surface area contributed by atoms with Crippen molar-refractivity contribution in [3.63, 3.8) is 0 Å². The van der Waals surface area contributed by atoms with Crippen molar-refractivity contribution in [1.82, 2.24) is 0 Å². The molecule has 0 spiro atoms. The topological polar surface area (TPSA) is 110 Å². The maximum atomic E-state index is 13.6. The van der Waals surface area contributed by atoms with Gasteiger partial charge in [0, 0.05) is 25.7 Å². The van der Waals surface area contributed by atoms with Crippen LogP contribution >= 0.6 is 0 Å². The van der Waals surface area contributed by atoms with E-state index in [9.17, 15) is 24.6 Å². The van der Waals surface area contributed by atoms with Crippen LogP contribution < -0.4 is 0 Å². The van der Waals surface area contributed by atoms with Gasteiger partial charge in [0.2, 0.25) is 0 Å². The van der Waals surface area contributed by atoms with Gasteiger partial charge in [-0.25, -0.2) is 0 Å². The number of esters is 1. The van der Waals surface area contributed by atoms with Crippen molar-refractivity contribution in [3.8, 4) is 0 Å². The summed E-state index contributed by atoms with van der Waals surface area (Å²) in [4.78, 5) is 38.8. The van der Waals surface area contributed by atoms with Crippen LogP contribution in [-0.4, -0.2) is 56.8 Å². The van der Waals surface area contributed by atoms with Crippen molar-refractivity contribution in [1.29, 1.82) is 0 Å². The Hall–Kier alpha value is -1.31. The molecule has 0 aromatic rings. The zero-order valence-corrected chi connectivity index (χ0v) is 18.5. The fourth-order valence-corrected chi connectivity index (χ4v) is 6.53. The van der Waals surface area contributed by atoms with E-state index in [4.69, 9.17) is 9.47 Å². The Balaban J connectivity index is 2.33. The molecule has 0 radical (unpaired) electrons. The van der Waals surface area contributed by atoms with Crippen molar-refractivity contribution in [2.24, 2.45) is 16.7 Å². The Kier molecular flexibility index (Phi) is 4.90. The number of aliphatic hydroxyl groups is 2. The average Bonchev–Trinajstić information content (AvgIpc) is 2.59. The number of hydrogen-bond donors (Lipinski definition) is 2. The number of rotatable bonds is 2. The quantitative estimate of drug-likeness (QED) is 0.670. The fraction of sp³-hybridized carbons (Fsp3) is 0.864. The highest BCUT2D eigenvalue weighted by Gasteiger charge is 2.81. The lowest BCUT2D eigenvalue weighted by atomic mass is 9.40. The number of fused-ring (bicyclic) bond motifs is 3. The summed E-state index contributed by atoms with van der Waals surface area (Å²) in [6.07, 6.45) is -1.45. The molecular formula is C22H34O7. The van der Waals surface area contributed by atoms with Crippen LogP contribution in [0.5, 0.6) is 0 Å². The van der Waals surface area contributed by atoms with E-state index in [1.54, 1.807) is 13.8 Å². The number of aliphatic hydroxyl groups excluding tert-OH is 1. The first-order valence-electron chi connectivity index (χ1n) is 10.4. The van der Waals surface area contributed by atoms with E-state index >= 15 is 0 Å². The Morgan fingerprint density at radius 1 is 1.17 bits per heavy atom. The van der Waals surface area contributed by atoms with Crippen molar-refractivity contribution in [2.45, 2.75) is 103 Å². The van der Waals surface area contributed by atoms with Crippen LogP contribution in [0.1, 0.15) is 74.1 Å². The minimum Gasteiger partial charge on any atom is -0.457 e. The van der Waals surface area contributed by atoms with Crippen LogP contribution in [-0.2, 0) is 23.9 Å². The van der Waals surface area contributed by atoms with E-state index in [2.05, 4.69) is 0 Å². The lowest BCUT2D eigenvalue weighted by Crippen LogP contribution is -2.86. The van der Waals surface area contributed by atoms with E-state index in [1.165, 1.54) is 13.8 Å². The van der Waals surface area contributed by atoms with E-state index in [-0.39, 0.29) is 18.6 Å². The Bertz CT molecular complexity index is 760. The predicted octanol–water partition coefficient (Wildman–Crippen LogP) is 1.95. The van der Waals surface area contributed by atoms with Gasteiger partial charge in [0.15, 0.2) is 17.5 Å². The fourth-order valence-electron chi connectivity index (χ4n) is 6.53. The third-order valence-electron chi connectivity index (χ3n) is 8.14. The van der Waals surface area contributed by atoms with Gasteiger partial charge in [0.1, 0.15) is 11.4 Å². The van der Waals surface area contributed by atoms with Crippen LogP contribution in [0.25, 0.3) is 0 Å². The zero-order chi connectivity index (χ0) is 22.2. The molecule has 7 atom stereocenters. The number of carbonyl (C=O) groups excluding carboxylic acids is 3. The van der Waals surface area contributed by atoms with Gasteiger partial charge in [-0.05, 0) is 39.0 Å². The Morgan fingerprint density at radius 3 is 2.28 bits per heavy atom. The zero-order valence-electron chi connectivity index (χ0n) is 18.5. The highest BCUT2D eigenvalue weighted by Crippen LogP contribution is 2.65. The molecule has 0 bridgehead atoms. The first-order chi connectivity index (χ1) is 13.1.